The van der Waals surface area contributed by atoms with Crippen molar-refractivity contribution in [1.82, 2.24) is 4.90 Å². The fourth-order valence-corrected chi connectivity index (χ4v) is 5.35. The van der Waals surface area contributed by atoms with Gasteiger partial charge in [0.05, 0.1) is 23.2 Å². The number of Topliss-reactive ketones (excluding diaryl/α,β-unsaturated/α-hetero) is 1. The molecule has 1 fully saturated rings. The van der Waals surface area contributed by atoms with Gasteiger partial charge in [0.15, 0.2) is 5.78 Å². The number of anilines is 2. The fraction of sp³-hybridized carbons (Fsp3) is 0.435. The molecular weight excluding hydrogens is 383 g/mol. The van der Waals surface area contributed by atoms with Crippen molar-refractivity contribution in [3.05, 3.63) is 64.3 Å². The lowest BCUT2D eigenvalue weighted by Gasteiger charge is -2.40. The molecule has 0 saturated carbocycles. The normalized spacial score (nSPS) is 22.6. The summed E-state index contributed by atoms with van der Waals surface area (Å²) in [6.07, 6.45) is 2.36. The summed E-state index contributed by atoms with van der Waals surface area (Å²) in [6, 6.07) is 12.5. The van der Waals surface area contributed by atoms with Crippen molar-refractivity contribution in [2.75, 3.05) is 42.6 Å². The minimum atomic E-state index is -0.320. The molecule has 2 aromatic carbocycles. The SMILES string of the molecule is O=NN1CCN2c3c(cccc31)[C@@H]1CN(CCCC(=O)c3ccc(F)cc3)CC[C@@H]12. The zero-order valence-electron chi connectivity index (χ0n) is 16.8. The Labute approximate surface area is 175 Å². The van der Waals surface area contributed by atoms with Crippen LogP contribution in [0.25, 0.3) is 0 Å². The maximum atomic E-state index is 13.0. The van der Waals surface area contributed by atoms with Crippen LogP contribution in [0.5, 0.6) is 0 Å². The number of carbonyl (C=O) groups is 1. The number of ketones is 1. The molecule has 1 saturated heterocycles. The van der Waals surface area contributed by atoms with Crippen LogP contribution in [0.3, 0.4) is 0 Å². The maximum Gasteiger partial charge on any atom is 0.162 e. The van der Waals surface area contributed by atoms with Gasteiger partial charge in [0, 0.05) is 43.6 Å². The molecule has 6 nitrogen and oxygen atoms in total. The molecule has 0 spiro atoms. The van der Waals surface area contributed by atoms with Gasteiger partial charge in [-0.25, -0.2) is 9.40 Å². The molecule has 5 rings (SSSR count). The first-order chi connectivity index (χ1) is 14.7. The molecule has 3 aliphatic rings. The zero-order chi connectivity index (χ0) is 20.7. The number of nitroso groups, excluding NO2 is 1. The molecule has 0 bridgehead atoms. The van der Waals surface area contributed by atoms with E-state index >= 15 is 0 Å². The smallest absolute Gasteiger partial charge is 0.162 e. The maximum absolute atomic E-state index is 13.0. The average molecular weight is 408 g/mol. The monoisotopic (exact) mass is 408 g/mol. The van der Waals surface area contributed by atoms with E-state index in [1.165, 1.54) is 23.4 Å². The first kappa shape index (κ1) is 19.2. The molecule has 2 aromatic rings. The highest BCUT2D eigenvalue weighted by atomic mass is 19.1. The third-order valence-corrected chi connectivity index (χ3v) is 6.77. The first-order valence-electron chi connectivity index (χ1n) is 10.7. The van der Waals surface area contributed by atoms with Crippen LogP contribution >= 0.6 is 0 Å². The van der Waals surface area contributed by atoms with Crippen LogP contribution in [0.4, 0.5) is 15.8 Å². The van der Waals surface area contributed by atoms with Crippen LogP contribution in [0.2, 0.25) is 0 Å². The Morgan fingerprint density at radius 2 is 1.93 bits per heavy atom. The van der Waals surface area contributed by atoms with Crippen LogP contribution in [-0.2, 0) is 0 Å². The van der Waals surface area contributed by atoms with Gasteiger partial charge in [0.25, 0.3) is 0 Å². The topological polar surface area (TPSA) is 56.2 Å². The second-order valence-corrected chi connectivity index (χ2v) is 8.41. The Bertz CT molecular complexity index is 964. The number of fused-ring (bicyclic) bond motifs is 3. The summed E-state index contributed by atoms with van der Waals surface area (Å²) in [4.78, 5) is 28.5. The van der Waals surface area contributed by atoms with E-state index in [9.17, 15) is 14.1 Å². The molecule has 30 heavy (non-hydrogen) atoms. The van der Waals surface area contributed by atoms with E-state index in [-0.39, 0.29) is 11.6 Å². The molecule has 3 aliphatic heterocycles. The van der Waals surface area contributed by atoms with Gasteiger partial charge < -0.3 is 9.80 Å². The number of likely N-dealkylation sites (tertiary alicyclic amines) is 1. The third kappa shape index (κ3) is 3.27. The molecule has 0 amide bonds. The number of hydrogen-bond donors (Lipinski definition) is 0. The van der Waals surface area contributed by atoms with E-state index in [1.807, 2.05) is 12.1 Å². The number of halogens is 1. The highest BCUT2D eigenvalue weighted by molar-refractivity contribution is 5.95. The van der Waals surface area contributed by atoms with Crippen molar-refractivity contribution >= 4 is 17.2 Å². The zero-order valence-corrected chi connectivity index (χ0v) is 16.8. The minimum absolute atomic E-state index is 0.0688. The van der Waals surface area contributed by atoms with E-state index in [0.29, 0.717) is 30.5 Å². The standard InChI is InChI=1S/C23H25FN4O2/c24-17-8-6-16(7-9-17)22(29)5-2-11-26-12-10-20-19(15-26)18-3-1-4-21-23(18)27(20)13-14-28(21)25-30/h1,3-4,6-9,19-20H,2,5,10-15H2/t19-,20-/m0/s1. The molecule has 156 valence electrons. The van der Waals surface area contributed by atoms with Gasteiger partial charge in [-0.15, -0.1) is 4.91 Å². The largest absolute Gasteiger partial charge is 0.364 e. The quantitative estimate of drug-likeness (QED) is 0.535. The fourth-order valence-electron chi connectivity index (χ4n) is 5.35. The lowest BCUT2D eigenvalue weighted by molar-refractivity contribution is 0.0971. The Hall–Kier alpha value is -2.80. The lowest BCUT2D eigenvalue weighted by Crippen LogP contribution is -2.49. The van der Waals surface area contributed by atoms with Crippen LogP contribution in [0.1, 0.15) is 41.1 Å². The molecule has 3 heterocycles. The van der Waals surface area contributed by atoms with Crippen molar-refractivity contribution in [1.29, 1.82) is 0 Å². The number of rotatable bonds is 6. The molecule has 0 radical (unpaired) electrons. The molecular formula is C23H25FN4O2. The van der Waals surface area contributed by atoms with Crippen molar-refractivity contribution in [3.8, 4) is 0 Å². The van der Waals surface area contributed by atoms with E-state index in [4.69, 9.17) is 0 Å². The predicted octanol–water partition coefficient (Wildman–Crippen LogP) is 3.97. The van der Waals surface area contributed by atoms with Gasteiger partial charge in [-0.3, -0.25) is 4.79 Å². The molecule has 0 unspecified atom stereocenters. The summed E-state index contributed by atoms with van der Waals surface area (Å²) < 4.78 is 13.0. The summed E-state index contributed by atoms with van der Waals surface area (Å²) in [7, 11) is 0. The number of piperidine rings is 1. The second kappa shape index (κ2) is 7.80. The van der Waals surface area contributed by atoms with Crippen molar-refractivity contribution in [3.63, 3.8) is 0 Å². The number of benzene rings is 2. The van der Waals surface area contributed by atoms with Gasteiger partial charge in [-0.2, -0.15) is 0 Å². The summed E-state index contributed by atoms with van der Waals surface area (Å²) in [5.41, 5.74) is 4.01. The number of nitrogens with zero attached hydrogens (tertiary/aromatic N) is 4. The van der Waals surface area contributed by atoms with E-state index in [1.54, 1.807) is 17.1 Å². The first-order valence-corrected chi connectivity index (χ1v) is 10.7. The average Bonchev–Trinajstić information content (AvgIpc) is 3.09. The molecule has 2 atom stereocenters. The second-order valence-electron chi connectivity index (χ2n) is 8.41. The summed E-state index contributed by atoms with van der Waals surface area (Å²) in [6.45, 7) is 4.34. The number of para-hydroxylation sites is 1. The Morgan fingerprint density at radius 1 is 1.10 bits per heavy atom. The highest BCUT2D eigenvalue weighted by Gasteiger charge is 2.45. The Balaban J connectivity index is 1.23. The van der Waals surface area contributed by atoms with E-state index in [2.05, 4.69) is 21.2 Å². The summed E-state index contributed by atoms with van der Waals surface area (Å²) in [5.74, 6) is 0.173. The van der Waals surface area contributed by atoms with E-state index < -0.39 is 0 Å². The van der Waals surface area contributed by atoms with Crippen LogP contribution in [0.15, 0.2) is 47.8 Å². The van der Waals surface area contributed by atoms with Crippen molar-refractivity contribution < 1.29 is 9.18 Å². The number of hydrogen-bond acceptors (Lipinski definition) is 5. The Morgan fingerprint density at radius 3 is 2.73 bits per heavy atom. The predicted molar refractivity (Wildman–Crippen MR) is 114 cm³/mol. The summed E-state index contributed by atoms with van der Waals surface area (Å²) in [5, 5.41) is 4.78. The van der Waals surface area contributed by atoms with Gasteiger partial charge in [-0.1, -0.05) is 12.1 Å². The van der Waals surface area contributed by atoms with Crippen LogP contribution in [-0.4, -0.2) is 49.4 Å². The van der Waals surface area contributed by atoms with Crippen LogP contribution < -0.4 is 9.91 Å². The summed E-state index contributed by atoms with van der Waals surface area (Å²) >= 11 is 0. The van der Waals surface area contributed by atoms with Gasteiger partial charge in [-0.05, 0) is 55.3 Å². The minimum Gasteiger partial charge on any atom is -0.364 e. The van der Waals surface area contributed by atoms with Gasteiger partial charge >= 0.3 is 0 Å². The Kier molecular flexibility index (Phi) is 4.98. The van der Waals surface area contributed by atoms with E-state index in [0.717, 1.165) is 44.7 Å². The van der Waals surface area contributed by atoms with Crippen LogP contribution in [0, 0.1) is 10.7 Å². The van der Waals surface area contributed by atoms with Crippen molar-refractivity contribution in [2.24, 2.45) is 5.29 Å². The van der Waals surface area contributed by atoms with Gasteiger partial charge in [0.2, 0.25) is 0 Å². The molecule has 0 aromatic heterocycles. The third-order valence-electron chi connectivity index (χ3n) is 6.77. The van der Waals surface area contributed by atoms with Gasteiger partial charge in [0.1, 0.15) is 5.82 Å². The highest BCUT2D eigenvalue weighted by Crippen LogP contribution is 2.50. The molecule has 7 heteroatoms. The lowest BCUT2D eigenvalue weighted by atomic mass is 9.89. The molecule has 0 aliphatic carbocycles. The number of carbonyl (C=O) groups excluding carboxylic acids is 1. The van der Waals surface area contributed by atoms with Crippen molar-refractivity contribution in [2.45, 2.75) is 31.2 Å². The molecule has 0 N–H and O–H groups in total.